The van der Waals surface area contributed by atoms with Crippen LogP contribution < -0.4 is 5.32 Å². The Balaban J connectivity index is 1.41. The average Bonchev–Trinajstić information content (AvgIpc) is 3.53. The van der Waals surface area contributed by atoms with Crippen LogP contribution in [0.3, 0.4) is 0 Å². The first-order valence-electron chi connectivity index (χ1n) is 11.4. The van der Waals surface area contributed by atoms with Gasteiger partial charge in [-0.1, -0.05) is 49.2 Å². The fourth-order valence-corrected chi connectivity index (χ4v) is 3.54. The predicted molar refractivity (Wildman–Crippen MR) is 128 cm³/mol. The number of furan rings is 1. The fraction of sp³-hybridized carbons (Fsp3) is 0.269. The first-order valence-corrected chi connectivity index (χ1v) is 11.4. The molecule has 4 aromatic rings. The van der Waals surface area contributed by atoms with Crippen LogP contribution in [0.5, 0.6) is 0 Å². The minimum absolute atomic E-state index is 0.0968. The van der Waals surface area contributed by atoms with Gasteiger partial charge in [-0.2, -0.15) is 10.1 Å². The molecule has 2 heterocycles. The number of carbonyl (C=O) groups is 1. The third kappa shape index (κ3) is 5.79. The molecule has 1 unspecified atom stereocenters. The topological polar surface area (TPSA) is 110 Å². The number of amides is 1. The number of hydrogen-bond acceptors (Lipinski definition) is 6. The number of aryl methyl sites for hydroxylation is 2. The number of nitrogens with zero attached hydrogens (tertiary/aromatic N) is 5. The van der Waals surface area contributed by atoms with Crippen LogP contribution in [-0.2, 0) is 13.0 Å². The second-order valence-corrected chi connectivity index (χ2v) is 8.27. The first-order chi connectivity index (χ1) is 17.0. The van der Waals surface area contributed by atoms with Crippen molar-refractivity contribution in [2.24, 2.45) is 0 Å². The van der Waals surface area contributed by atoms with Crippen molar-refractivity contribution in [1.29, 1.82) is 5.26 Å². The van der Waals surface area contributed by atoms with Gasteiger partial charge < -0.3 is 9.73 Å². The van der Waals surface area contributed by atoms with Gasteiger partial charge in [0, 0.05) is 12.0 Å². The van der Waals surface area contributed by atoms with Crippen LogP contribution in [0, 0.1) is 24.1 Å². The van der Waals surface area contributed by atoms with Gasteiger partial charge in [0.05, 0.1) is 18.2 Å². The summed E-state index contributed by atoms with van der Waals surface area (Å²) in [6, 6.07) is 16.8. The molecule has 2 aromatic heterocycles. The molecule has 35 heavy (non-hydrogen) atoms. The number of halogens is 1. The molecule has 9 heteroatoms. The first kappa shape index (κ1) is 23.8. The van der Waals surface area contributed by atoms with E-state index in [-0.39, 0.29) is 23.6 Å². The van der Waals surface area contributed by atoms with Crippen LogP contribution in [0.25, 0.3) is 22.7 Å². The van der Waals surface area contributed by atoms with E-state index >= 15 is 0 Å². The van der Waals surface area contributed by atoms with Gasteiger partial charge in [0.25, 0.3) is 5.91 Å². The molecule has 0 fully saturated rings. The monoisotopic (exact) mass is 472 g/mol. The molecule has 178 valence electrons. The summed E-state index contributed by atoms with van der Waals surface area (Å²) in [6.45, 7) is 4.67. The van der Waals surface area contributed by atoms with Crippen LogP contribution in [0.15, 0.2) is 59.0 Å². The maximum absolute atomic E-state index is 14.8. The third-order valence-electron chi connectivity index (χ3n) is 5.51. The lowest BCUT2D eigenvalue weighted by Gasteiger charge is -2.11. The summed E-state index contributed by atoms with van der Waals surface area (Å²) in [5.74, 6) is -0.173. The highest BCUT2D eigenvalue weighted by Gasteiger charge is 2.19. The number of nitriles is 1. The number of aromatic nitrogens is 4. The number of rotatable bonds is 9. The Labute approximate surface area is 202 Å². The average molecular weight is 473 g/mol. The van der Waals surface area contributed by atoms with Gasteiger partial charge in [0.1, 0.15) is 17.6 Å². The number of nitrogens with one attached hydrogen (secondary N) is 1. The normalized spacial score (nSPS) is 11.7. The molecule has 4 rings (SSSR count). The number of hydrogen-bond donors (Lipinski definition) is 1. The largest absolute Gasteiger partial charge is 0.451 e. The number of unbranched alkanes of at least 4 members (excludes halogenated alkanes) is 1. The molecule has 0 radical (unpaired) electrons. The smallest absolute Gasteiger partial charge is 0.288 e. The Morgan fingerprint density at radius 3 is 2.71 bits per heavy atom. The second kappa shape index (κ2) is 10.7. The minimum Gasteiger partial charge on any atom is -0.451 e. The van der Waals surface area contributed by atoms with Crippen molar-refractivity contribution in [3.05, 3.63) is 77.3 Å². The number of carbonyl (C=O) groups excluding carboxylic acids is 1. The van der Waals surface area contributed by atoms with Crippen LogP contribution >= 0.6 is 0 Å². The van der Waals surface area contributed by atoms with Crippen LogP contribution in [-0.4, -0.2) is 32.2 Å². The van der Waals surface area contributed by atoms with Gasteiger partial charge >= 0.3 is 0 Å². The minimum atomic E-state index is -0.867. The Bertz CT molecular complexity index is 1350. The Hall–Kier alpha value is -4.32. The summed E-state index contributed by atoms with van der Waals surface area (Å²) in [7, 11) is 0. The van der Waals surface area contributed by atoms with Gasteiger partial charge in [0.15, 0.2) is 5.76 Å². The van der Waals surface area contributed by atoms with Gasteiger partial charge in [-0.05, 0) is 48.4 Å². The van der Waals surface area contributed by atoms with Crippen molar-refractivity contribution in [1.82, 2.24) is 25.5 Å². The van der Waals surface area contributed by atoms with Crippen LogP contribution in [0.1, 0.15) is 41.4 Å². The Morgan fingerprint density at radius 2 is 2.00 bits per heavy atom. The van der Waals surface area contributed by atoms with E-state index in [4.69, 9.17) is 4.42 Å². The van der Waals surface area contributed by atoms with Crippen molar-refractivity contribution < 1.29 is 13.6 Å². The van der Waals surface area contributed by atoms with E-state index < -0.39 is 17.8 Å². The van der Waals surface area contributed by atoms with Gasteiger partial charge in [0.2, 0.25) is 5.82 Å². The van der Waals surface area contributed by atoms with Gasteiger partial charge in [-0.3, -0.25) is 4.79 Å². The maximum atomic E-state index is 14.8. The van der Waals surface area contributed by atoms with E-state index in [1.54, 1.807) is 24.3 Å². The van der Waals surface area contributed by atoms with Crippen LogP contribution in [0.2, 0.25) is 0 Å². The molecule has 0 saturated heterocycles. The summed E-state index contributed by atoms with van der Waals surface area (Å²) < 4.78 is 20.4. The molecule has 8 nitrogen and oxygen atoms in total. The lowest BCUT2D eigenvalue weighted by atomic mass is 10.0. The van der Waals surface area contributed by atoms with Gasteiger partial charge in [-0.15, -0.1) is 10.2 Å². The van der Waals surface area contributed by atoms with Crippen LogP contribution in [0.4, 0.5) is 4.39 Å². The molecule has 0 spiro atoms. The van der Waals surface area contributed by atoms with Crippen molar-refractivity contribution in [2.45, 2.75) is 45.7 Å². The fourth-order valence-electron chi connectivity index (χ4n) is 3.54. The lowest BCUT2D eigenvalue weighted by molar-refractivity contribution is 0.0918. The summed E-state index contributed by atoms with van der Waals surface area (Å²) >= 11 is 0. The summed E-state index contributed by atoms with van der Waals surface area (Å²) in [4.78, 5) is 14.1. The van der Waals surface area contributed by atoms with Crippen molar-refractivity contribution in [3.63, 3.8) is 0 Å². The van der Waals surface area contributed by atoms with Gasteiger partial charge in [-0.25, -0.2) is 4.39 Å². The SMILES string of the molecule is CCCCn1nnc(-c2ccc(CC(C#N)NC(=O)c3ccc(-c4ccc(C)cc4)o3)cc2F)n1. The lowest BCUT2D eigenvalue weighted by Crippen LogP contribution is -2.35. The zero-order valence-electron chi connectivity index (χ0n) is 19.5. The van der Waals surface area contributed by atoms with Crippen molar-refractivity contribution in [3.8, 4) is 28.8 Å². The molecular weight excluding hydrogens is 447 g/mol. The highest BCUT2D eigenvalue weighted by molar-refractivity contribution is 5.92. The standard InChI is InChI=1S/C26H25FN6O2/c1-3-4-13-33-31-25(30-32-33)21-10-7-18(15-22(21)27)14-20(16-28)29-26(34)24-12-11-23(35-24)19-8-5-17(2)6-9-19/h5-12,15,20H,3-4,13-14H2,1-2H3,(H,29,34). The van der Waals surface area contributed by atoms with E-state index in [1.807, 2.05) is 31.2 Å². The summed E-state index contributed by atoms with van der Waals surface area (Å²) in [5, 5.41) is 24.3. The van der Waals surface area contributed by atoms with E-state index in [0.29, 0.717) is 17.9 Å². The van der Waals surface area contributed by atoms with E-state index in [9.17, 15) is 14.4 Å². The molecule has 2 aromatic carbocycles. The molecular formula is C26H25FN6O2. The quantitative estimate of drug-likeness (QED) is 0.378. The van der Waals surface area contributed by atoms with Crippen molar-refractivity contribution >= 4 is 5.91 Å². The highest BCUT2D eigenvalue weighted by atomic mass is 19.1. The molecule has 0 aliphatic rings. The van der Waals surface area contributed by atoms with E-state index in [2.05, 4.69) is 33.7 Å². The zero-order chi connectivity index (χ0) is 24.8. The Morgan fingerprint density at radius 1 is 1.20 bits per heavy atom. The number of benzene rings is 2. The summed E-state index contributed by atoms with van der Waals surface area (Å²) in [6.07, 6.45) is 2.02. The maximum Gasteiger partial charge on any atom is 0.288 e. The molecule has 0 bridgehead atoms. The summed E-state index contributed by atoms with van der Waals surface area (Å²) in [5.41, 5.74) is 2.75. The van der Waals surface area contributed by atoms with E-state index in [0.717, 1.165) is 24.0 Å². The molecule has 0 aliphatic carbocycles. The van der Waals surface area contributed by atoms with Crippen molar-refractivity contribution in [2.75, 3.05) is 0 Å². The third-order valence-corrected chi connectivity index (χ3v) is 5.51. The van der Waals surface area contributed by atoms with E-state index in [1.165, 1.54) is 10.9 Å². The molecule has 0 saturated carbocycles. The Kier molecular flexibility index (Phi) is 7.31. The molecule has 1 atom stereocenters. The molecule has 0 aliphatic heterocycles. The number of tetrazole rings is 1. The second-order valence-electron chi connectivity index (χ2n) is 8.27. The predicted octanol–water partition coefficient (Wildman–Crippen LogP) is 4.71. The zero-order valence-corrected chi connectivity index (χ0v) is 19.5. The molecule has 1 amide bonds. The highest BCUT2D eigenvalue weighted by Crippen LogP contribution is 2.23. The molecule has 1 N–H and O–H groups in total.